The first-order chi connectivity index (χ1) is 12.5. The van der Waals surface area contributed by atoms with Crippen LogP contribution in [0.4, 0.5) is 0 Å². The fourth-order valence-corrected chi connectivity index (χ4v) is 6.16. The average Bonchev–Trinajstić information content (AvgIpc) is 3.02. The molecule has 3 rings (SSSR count). The summed E-state index contributed by atoms with van der Waals surface area (Å²) >= 11 is 1.66. The number of thiophene rings is 1. The van der Waals surface area contributed by atoms with Crippen molar-refractivity contribution >= 4 is 27.3 Å². The van der Waals surface area contributed by atoms with Crippen molar-refractivity contribution in [2.45, 2.75) is 58.9 Å². The maximum Gasteiger partial charge on any atom is 0.263 e. The number of nitrogens with zero attached hydrogens (tertiary/aromatic N) is 2. The van der Waals surface area contributed by atoms with Crippen LogP contribution >= 0.6 is 11.3 Å². The summed E-state index contributed by atoms with van der Waals surface area (Å²) in [6.45, 7) is 8.16. The highest BCUT2D eigenvalue weighted by Gasteiger charge is 2.33. The third kappa shape index (κ3) is 4.57. The zero-order chi connectivity index (χ0) is 20.0. The van der Waals surface area contributed by atoms with Crippen molar-refractivity contribution in [2.24, 2.45) is 11.3 Å². The molecule has 1 aromatic rings. The van der Waals surface area contributed by atoms with Gasteiger partial charge in [0.1, 0.15) is 0 Å². The van der Waals surface area contributed by atoms with Crippen molar-refractivity contribution in [3.8, 4) is 0 Å². The number of aryl methyl sites for hydroxylation is 1. The monoisotopic (exact) mass is 412 g/mol. The number of carbonyl (C=O) groups excluding carboxylic acids is 1. The van der Waals surface area contributed by atoms with Gasteiger partial charge in [-0.2, -0.15) is 0 Å². The van der Waals surface area contributed by atoms with Crippen LogP contribution in [0, 0.1) is 11.3 Å². The molecule has 1 aliphatic heterocycles. The Labute approximate surface area is 167 Å². The molecule has 0 aromatic carbocycles. The largest absolute Gasteiger partial charge is 0.338 e. The Hall–Kier alpha value is -0.920. The van der Waals surface area contributed by atoms with Crippen LogP contribution in [0.2, 0.25) is 0 Å². The standard InChI is InChI=1S/C20H32N2O3S2/c1-20(2,3)15-6-7-17-14(12-15)13-18(26-17)19(23)22-10-8-16(9-11-22)21(4)27(5,24)25/h13,15-16H,6-12H2,1-5H3. The minimum Gasteiger partial charge on any atom is -0.338 e. The van der Waals surface area contributed by atoms with Crippen LogP contribution < -0.4 is 0 Å². The second-order valence-corrected chi connectivity index (χ2v) is 12.3. The van der Waals surface area contributed by atoms with E-state index in [1.165, 1.54) is 27.4 Å². The first-order valence-corrected chi connectivity index (χ1v) is 12.5. The van der Waals surface area contributed by atoms with E-state index in [2.05, 4.69) is 26.8 Å². The van der Waals surface area contributed by atoms with Crippen LogP contribution in [0.25, 0.3) is 0 Å². The summed E-state index contributed by atoms with van der Waals surface area (Å²) in [5.74, 6) is 0.784. The topological polar surface area (TPSA) is 57.7 Å². The van der Waals surface area contributed by atoms with E-state index in [9.17, 15) is 13.2 Å². The van der Waals surface area contributed by atoms with Crippen molar-refractivity contribution in [1.29, 1.82) is 0 Å². The van der Waals surface area contributed by atoms with E-state index in [0.29, 0.717) is 37.3 Å². The Bertz CT molecular complexity index is 800. The minimum absolute atomic E-state index is 0.00636. The number of fused-ring (bicyclic) bond motifs is 1. The third-order valence-electron chi connectivity index (χ3n) is 6.31. The summed E-state index contributed by atoms with van der Waals surface area (Å²) < 4.78 is 24.9. The molecule has 0 radical (unpaired) electrons. The molecule has 1 atom stereocenters. The van der Waals surface area contributed by atoms with Crippen LogP contribution in [-0.2, 0) is 22.9 Å². The summed E-state index contributed by atoms with van der Waals surface area (Å²) in [6, 6.07) is 2.11. The first-order valence-electron chi connectivity index (χ1n) is 9.80. The van der Waals surface area contributed by atoms with E-state index in [1.54, 1.807) is 18.4 Å². The second-order valence-electron chi connectivity index (χ2n) is 9.17. The van der Waals surface area contributed by atoms with Gasteiger partial charge >= 0.3 is 0 Å². The minimum atomic E-state index is -3.18. The van der Waals surface area contributed by atoms with Crippen LogP contribution in [0.5, 0.6) is 0 Å². The van der Waals surface area contributed by atoms with Crippen molar-refractivity contribution in [3.63, 3.8) is 0 Å². The number of likely N-dealkylation sites (tertiary alicyclic amines) is 1. The zero-order valence-electron chi connectivity index (χ0n) is 17.1. The van der Waals surface area contributed by atoms with Gasteiger partial charge in [-0.1, -0.05) is 20.8 Å². The predicted octanol–water partition coefficient (Wildman–Crippen LogP) is 3.40. The van der Waals surface area contributed by atoms with Crippen molar-refractivity contribution in [1.82, 2.24) is 9.21 Å². The van der Waals surface area contributed by atoms with Crippen LogP contribution in [0.15, 0.2) is 6.07 Å². The van der Waals surface area contributed by atoms with Gasteiger partial charge in [-0.25, -0.2) is 12.7 Å². The Morgan fingerprint density at radius 1 is 1.22 bits per heavy atom. The molecular formula is C20H32N2O3S2. The molecule has 1 amide bonds. The zero-order valence-corrected chi connectivity index (χ0v) is 18.8. The Morgan fingerprint density at radius 3 is 2.41 bits per heavy atom. The molecule has 27 heavy (non-hydrogen) atoms. The molecular weight excluding hydrogens is 380 g/mol. The molecule has 7 heteroatoms. The quantitative estimate of drug-likeness (QED) is 0.765. The summed E-state index contributed by atoms with van der Waals surface area (Å²) in [5.41, 5.74) is 1.67. The van der Waals surface area contributed by atoms with Crippen molar-refractivity contribution < 1.29 is 13.2 Å². The van der Waals surface area contributed by atoms with Gasteiger partial charge in [0.15, 0.2) is 0 Å². The smallest absolute Gasteiger partial charge is 0.263 e. The number of hydrogen-bond donors (Lipinski definition) is 0. The maximum atomic E-state index is 13.0. The van der Waals surface area contributed by atoms with Gasteiger partial charge in [0, 0.05) is 31.1 Å². The van der Waals surface area contributed by atoms with Crippen molar-refractivity contribution in [2.75, 3.05) is 26.4 Å². The number of amides is 1. The summed E-state index contributed by atoms with van der Waals surface area (Å²) in [7, 11) is -1.54. The number of carbonyl (C=O) groups is 1. The molecule has 0 saturated carbocycles. The van der Waals surface area contributed by atoms with E-state index in [4.69, 9.17) is 0 Å². The molecule has 1 fully saturated rings. The van der Waals surface area contributed by atoms with Crippen molar-refractivity contribution in [3.05, 3.63) is 21.4 Å². The molecule has 2 heterocycles. The Morgan fingerprint density at radius 2 is 1.85 bits per heavy atom. The van der Waals surface area contributed by atoms with E-state index < -0.39 is 10.0 Å². The summed E-state index contributed by atoms with van der Waals surface area (Å²) in [6.07, 6.45) is 6.00. The first kappa shape index (κ1) is 20.8. The van der Waals surface area contributed by atoms with Gasteiger partial charge in [0.05, 0.1) is 11.1 Å². The van der Waals surface area contributed by atoms with E-state index >= 15 is 0 Å². The predicted molar refractivity (Wildman–Crippen MR) is 111 cm³/mol. The molecule has 2 aliphatic rings. The molecule has 152 valence electrons. The number of piperidine rings is 1. The number of rotatable bonds is 3. The van der Waals surface area contributed by atoms with Crippen LogP contribution in [0.3, 0.4) is 0 Å². The second kappa shape index (κ2) is 7.48. The molecule has 1 unspecified atom stereocenters. The molecule has 1 aromatic heterocycles. The molecule has 0 spiro atoms. The number of hydrogen-bond acceptors (Lipinski definition) is 4. The lowest BCUT2D eigenvalue weighted by molar-refractivity contribution is 0.0691. The van der Waals surface area contributed by atoms with Gasteiger partial charge in [0.25, 0.3) is 5.91 Å². The fraction of sp³-hybridized carbons (Fsp3) is 0.750. The van der Waals surface area contributed by atoms with Gasteiger partial charge < -0.3 is 4.90 Å². The fourth-order valence-electron chi connectivity index (χ4n) is 4.23. The van der Waals surface area contributed by atoms with Gasteiger partial charge in [-0.05, 0) is 55.1 Å². The average molecular weight is 413 g/mol. The number of sulfonamides is 1. The normalized spacial score (nSPS) is 22.1. The van der Waals surface area contributed by atoms with Crippen LogP contribution in [0.1, 0.15) is 60.1 Å². The highest BCUT2D eigenvalue weighted by Crippen LogP contribution is 2.40. The molecule has 1 aliphatic carbocycles. The van der Waals surface area contributed by atoms with E-state index in [0.717, 1.165) is 17.7 Å². The molecule has 0 N–H and O–H groups in total. The highest BCUT2D eigenvalue weighted by atomic mass is 32.2. The maximum absolute atomic E-state index is 13.0. The lowest BCUT2D eigenvalue weighted by Crippen LogP contribution is -2.46. The van der Waals surface area contributed by atoms with E-state index in [1.807, 2.05) is 4.90 Å². The summed E-state index contributed by atoms with van der Waals surface area (Å²) in [5, 5.41) is 0. The van der Waals surface area contributed by atoms with E-state index in [-0.39, 0.29) is 11.9 Å². The molecule has 0 bridgehead atoms. The third-order valence-corrected chi connectivity index (χ3v) is 8.88. The Balaban J connectivity index is 1.64. The highest BCUT2D eigenvalue weighted by molar-refractivity contribution is 7.88. The van der Waals surface area contributed by atoms with Crippen LogP contribution in [-0.4, -0.2) is 56.0 Å². The summed E-state index contributed by atoms with van der Waals surface area (Å²) in [4.78, 5) is 17.1. The van der Waals surface area contributed by atoms with Gasteiger partial charge in [-0.15, -0.1) is 11.3 Å². The molecule has 5 nitrogen and oxygen atoms in total. The Kier molecular flexibility index (Phi) is 5.77. The van der Waals surface area contributed by atoms with Gasteiger partial charge in [-0.3, -0.25) is 4.79 Å². The lowest BCUT2D eigenvalue weighted by Gasteiger charge is -2.35. The SMILES string of the molecule is CN(C1CCN(C(=O)c2cc3c(s2)CCC(C(C)(C)C)C3)CC1)S(C)(=O)=O. The molecule has 1 saturated heterocycles. The lowest BCUT2D eigenvalue weighted by atomic mass is 9.72. The van der Waals surface area contributed by atoms with Gasteiger partial charge in [0.2, 0.25) is 10.0 Å².